The molecular weight excluding hydrogens is 330 g/mol. The number of rotatable bonds is 12. The number of aryl methyl sites for hydroxylation is 1. The van der Waals surface area contributed by atoms with Crippen molar-refractivity contribution in [2.24, 2.45) is 0 Å². The Labute approximate surface area is 158 Å². The lowest BCUT2D eigenvalue weighted by atomic mass is 10.1. The monoisotopic (exact) mass is 365 g/mol. The van der Waals surface area contributed by atoms with Crippen LogP contribution >= 0.6 is 11.8 Å². The molecule has 0 saturated carbocycles. The van der Waals surface area contributed by atoms with Crippen LogP contribution in [0.25, 0.3) is 0 Å². The fraction of sp³-hybridized carbons (Fsp3) is 0.667. The highest BCUT2D eigenvalue weighted by Gasteiger charge is 2.22. The molecule has 0 aliphatic rings. The lowest BCUT2D eigenvalue weighted by molar-refractivity contribution is -0.115. The second kappa shape index (κ2) is 12.2. The van der Waals surface area contributed by atoms with Crippen LogP contribution in [0.5, 0.6) is 5.75 Å². The molecule has 0 fully saturated rings. The summed E-state index contributed by atoms with van der Waals surface area (Å²) < 4.78 is 0. The van der Waals surface area contributed by atoms with Gasteiger partial charge in [-0.1, -0.05) is 65.4 Å². The van der Waals surface area contributed by atoms with Gasteiger partial charge in [0.2, 0.25) is 5.91 Å². The molecule has 0 aliphatic carbocycles. The molecule has 4 heteroatoms. The van der Waals surface area contributed by atoms with Gasteiger partial charge in [-0.05, 0) is 37.5 Å². The zero-order valence-electron chi connectivity index (χ0n) is 16.3. The van der Waals surface area contributed by atoms with Crippen LogP contribution in [0.3, 0.4) is 0 Å². The van der Waals surface area contributed by atoms with Crippen molar-refractivity contribution in [3.8, 4) is 5.75 Å². The van der Waals surface area contributed by atoms with Gasteiger partial charge in [0, 0.05) is 5.25 Å². The molecule has 0 aliphatic heterocycles. The van der Waals surface area contributed by atoms with Crippen molar-refractivity contribution in [1.29, 1.82) is 0 Å². The minimum atomic E-state index is -0.0546. The van der Waals surface area contributed by atoms with E-state index in [1.165, 1.54) is 32.1 Å². The summed E-state index contributed by atoms with van der Waals surface area (Å²) in [6, 6.07) is 5.30. The van der Waals surface area contributed by atoms with E-state index in [0.717, 1.165) is 24.8 Å². The smallest absolute Gasteiger partial charge is 0.237 e. The maximum absolute atomic E-state index is 12.8. The number of carbonyl (C=O) groups excluding carboxylic acids is 1. The minimum absolute atomic E-state index is 0.0137. The molecule has 25 heavy (non-hydrogen) atoms. The van der Waals surface area contributed by atoms with Gasteiger partial charge in [-0.15, -0.1) is 11.8 Å². The molecule has 0 saturated heterocycles. The lowest BCUT2D eigenvalue weighted by Crippen LogP contribution is -2.27. The van der Waals surface area contributed by atoms with E-state index in [-0.39, 0.29) is 16.9 Å². The number of anilines is 1. The highest BCUT2D eigenvalue weighted by molar-refractivity contribution is 8.01. The number of nitrogens with one attached hydrogen (secondary N) is 1. The predicted molar refractivity (Wildman–Crippen MR) is 111 cm³/mol. The van der Waals surface area contributed by atoms with E-state index in [0.29, 0.717) is 10.9 Å². The van der Waals surface area contributed by atoms with Crippen molar-refractivity contribution in [3.05, 3.63) is 23.8 Å². The number of aromatic hydroxyl groups is 1. The standard InChI is InChI=1S/C21H35NO2S/c1-5-7-8-9-10-11-12-20(25-17(4)6-2)21(24)22-18-15-16(3)13-14-19(18)23/h13-15,17,20,23H,5-12H2,1-4H3,(H,22,24). The Morgan fingerprint density at radius 2 is 1.84 bits per heavy atom. The normalized spacial score (nSPS) is 13.4. The van der Waals surface area contributed by atoms with Gasteiger partial charge in [0.05, 0.1) is 10.9 Å². The summed E-state index contributed by atoms with van der Waals surface area (Å²) in [5, 5.41) is 13.3. The number of hydrogen-bond donors (Lipinski definition) is 2. The Kier molecular flexibility index (Phi) is 10.7. The summed E-state index contributed by atoms with van der Waals surface area (Å²) in [5.74, 6) is 0.144. The quantitative estimate of drug-likeness (QED) is 0.338. The second-order valence-corrected chi connectivity index (χ2v) is 8.56. The van der Waals surface area contributed by atoms with Crippen molar-refractivity contribution < 1.29 is 9.90 Å². The summed E-state index contributed by atoms with van der Waals surface area (Å²) >= 11 is 1.76. The van der Waals surface area contributed by atoms with Gasteiger partial charge in [-0.25, -0.2) is 0 Å². The average molecular weight is 366 g/mol. The van der Waals surface area contributed by atoms with Crippen molar-refractivity contribution in [2.75, 3.05) is 5.32 Å². The molecular formula is C21H35NO2S. The molecule has 1 aromatic carbocycles. The number of phenolic OH excluding ortho intramolecular Hbond substituents is 1. The number of carbonyl (C=O) groups is 1. The average Bonchev–Trinajstić information content (AvgIpc) is 2.59. The summed E-state index contributed by atoms with van der Waals surface area (Å²) in [6.07, 6.45) is 9.36. The first-order chi connectivity index (χ1) is 12.0. The first-order valence-corrected chi connectivity index (χ1v) is 10.7. The lowest BCUT2D eigenvalue weighted by Gasteiger charge is -2.20. The van der Waals surface area contributed by atoms with Gasteiger partial charge < -0.3 is 10.4 Å². The molecule has 0 radical (unpaired) electrons. The third-order valence-corrected chi connectivity index (χ3v) is 6.07. The van der Waals surface area contributed by atoms with Gasteiger partial charge in [0.1, 0.15) is 5.75 Å². The number of benzene rings is 1. The highest BCUT2D eigenvalue weighted by atomic mass is 32.2. The maximum Gasteiger partial charge on any atom is 0.237 e. The fourth-order valence-electron chi connectivity index (χ4n) is 2.71. The minimum Gasteiger partial charge on any atom is -0.506 e. The maximum atomic E-state index is 12.8. The highest BCUT2D eigenvalue weighted by Crippen LogP contribution is 2.29. The van der Waals surface area contributed by atoms with Crippen LogP contribution in [0.1, 0.15) is 77.7 Å². The summed E-state index contributed by atoms with van der Waals surface area (Å²) in [7, 11) is 0. The molecule has 1 rings (SSSR count). The molecule has 0 heterocycles. The molecule has 2 N–H and O–H groups in total. The van der Waals surface area contributed by atoms with E-state index in [9.17, 15) is 9.90 Å². The summed E-state index contributed by atoms with van der Waals surface area (Å²) in [5.41, 5.74) is 1.54. The number of amides is 1. The molecule has 1 aromatic rings. The number of phenols is 1. The van der Waals surface area contributed by atoms with E-state index in [2.05, 4.69) is 26.1 Å². The van der Waals surface area contributed by atoms with Crippen LogP contribution in [0, 0.1) is 6.92 Å². The van der Waals surface area contributed by atoms with E-state index in [1.54, 1.807) is 17.8 Å². The first-order valence-electron chi connectivity index (χ1n) is 9.73. The van der Waals surface area contributed by atoms with Crippen LogP contribution in [0.15, 0.2) is 18.2 Å². The van der Waals surface area contributed by atoms with Crippen LogP contribution < -0.4 is 5.32 Å². The fourth-order valence-corrected chi connectivity index (χ4v) is 3.95. The molecule has 2 atom stereocenters. The van der Waals surface area contributed by atoms with Crippen LogP contribution in [-0.4, -0.2) is 21.5 Å². The molecule has 0 bridgehead atoms. The number of hydrogen-bond acceptors (Lipinski definition) is 3. The second-order valence-electron chi connectivity index (χ2n) is 6.91. The van der Waals surface area contributed by atoms with Gasteiger partial charge in [-0.3, -0.25) is 4.79 Å². The van der Waals surface area contributed by atoms with E-state index < -0.39 is 0 Å². The van der Waals surface area contributed by atoms with Gasteiger partial charge in [0.25, 0.3) is 0 Å². The summed E-state index contributed by atoms with van der Waals surface area (Å²) in [6.45, 7) is 8.51. The molecule has 0 spiro atoms. The Morgan fingerprint density at radius 3 is 2.52 bits per heavy atom. The van der Waals surface area contributed by atoms with Crippen molar-refractivity contribution in [2.45, 2.75) is 89.6 Å². The largest absolute Gasteiger partial charge is 0.506 e. The number of unbranched alkanes of at least 4 members (excludes halogenated alkanes) is 5. The summed E-state index contributed by atoms with van der Waals surface area (Å²) in [4.78, 5) is 12.8. The number of thioether (sulfide) groups is 1. The molecule has 142 valence electrons. The third-order valence-electron chi connectivity index (χ3n) is 4.49. The van der Waals surface area contributed by atoms with Gasteiger partial charge in [0.15, 0.2) is 0 Å². The van der Waals surface area contributed by atoms with E-state index in [1.807, 2.05) is 19.1 Å². The first kappa shape index (κ1) is 21.9. The van der Waals surface area contributed by atoms with Crippen LogP contribution in [0.2, 0.25) is 0 Å². The van der Waals surface area contributed by atoms with E-state index in [4.69, 9.17) is 0 Å². The molecule has 3 nitrogen and oxygen atoms in total. The van der Waals surface area contributed by atoms with Crippen LogP contribution in [-0.2, 0) is 4.79 Å². The van der Waals surface area contributed by atoms with Gasteiger partial charge >= 0.3 is 0 Å². The van der Waals surface area contributed by atoms with Crippen molar-refractivity contribution in [3.63, 3.8) is 0 Å². The van der Waals surface area contributed by atoms with Crippen molar-refractivity contribution >= 4 is 23.4 Å². The third kappa shape index (κ3) is 8.66. The van der Waals surface area contributed by atoms with E-state index >= 15 is 0 Å². The topological polar surface area (TPSA) is 49.3 Å². The van der Waals surface area contributed by atoms with Crippen molar-refractivity contribution in [1.82, 2.24) is 0 Å². The zero-order chi connectivity index (χ0) is 18.7. The Balaban J connectivity index is 2.60. The van der Waals surface area contributed by atoms with Gasteiger partial charge in [-0.2, -0.15) is 0 Å². The SMILES string of the molecule is CCCCCCCCC(SC(C)CC)C(=O)Nc1cc(C)ccc1O. The molecule has 1 amide bonds. The predicted octanol–water partition coefficient (Wildman–Crippen LogP) is 6.29. The Morgan fingerprint density at radius 1 is 1.16 bits per heavy atom. The Bertz CT molecular complexity index is 519. The molecule has 2 unspecified atom stereocenters. The zero-order valence-corrected chi connectivity index (χ0v) is 17.1. The molecule has 0 aromatic heterocycles. The van der Waals surface area contributed by atoms with Crippen LogP contribution in [0.4, 0.5) is 5.69 Å². The Hall–Kier alpha value is -1.16.